The molecule has 1 N–H and O–H groups in total. The number of ether oxygens (including phenoxy) is 2. The highest BCUT2D eigenvalue weighted by Gasteiger charge is 2.07. The Labute approximate surface area is 185 Å². The van der Waals surface area contributed by atoms with Gasteiger partial charge in [0.1, 0.15) is 17.3 Å². The minimum Gasteiger partial charge on any atom is -0.497 e. The Balaban J connectivity index is 1.29. The van der Waals surface area contributed by atoms with Gasteiger partial charge in [0.2, 0.25) is 11.8 Å². The molecule has 8 heteroatoms. The van der Waals surface area contributed by atoms with Crippen LogP contribution in [0.3, 0.4) is 0 Å². The Hall–Kier alpha value is -4.20. The molecule has 0 atom stereocenters. The maximum absolute atomic E-state index is 12.2. The van der Waals surface area contributed by atoms with E-state index in [0.717, 1.165) is 17.1 Å². The summed E-state index contributed by atoms with van der Waals surface area (Å²) in [6, 6.07) is 18.4. The molecule has 0 bridgehead atoms. The number of methoxy groups -OCH3 is 1. The quantitative estimate of drug-likeness (QED) is 0.448. The molecule has 2 aromatic carbocycles. The van der Waals surface area contributed by atoms with Gasteiger partial charge in [-0.05, 0) is 61.4 Å². The molecule has 32 heavy (non-hydrogen) atoms. The molecule has 0 spiro atoms. The molecule has 4 aromatic rings. The van der Waals surface area contributed by atoms with Crippen molar-refractivity contribution < 1.29 is 14.3 Å². The Morgan fingerprint density at radius 3 is 2.34 bits per heavy atom. The number of hydrogen-bond donors (Lipinski definition) is 1. The fourth-order valence-electron chi connectivity index (χ4n) is 3.12. The van der Waals surface area contributed by atoms with Crippen LogP contribution in [0.15, 0.2) is 73.1 Å². The summed E-state index contributed by atoms with van der Waals surface area (Å²) in [5.41, 5.74) is 1.79. The largest absolute Gasteiger partial charge is 0.497 e. The zero-order valence-corrected chi connectivity index (χ0v) is 17.9. The summed E-state index contributed by atoms with van der Waals surface area (Å²) in [4.78, 5) is 16.4. The van der Waals surface area contributed by atoms with Crippen LogP contribution in [-0.4, -0.2) is 32.8 Å². The summed E-state index contributed by atoms with van der Waals surface area (Å²) in [6.07, 6.45) is 4.58. The van der Waals surface area contributed by atoms with Crippen LogP contribution in [-0.2, 0) is 11.2 Å². The molecule has 0 aliphatic carbocycles. The molecule has 8 nitrogen and oxygen atoms in total. The number of hydrogen-bond acceptors (Lipinski definition) is 6. The first-order valence-corrected chi connectivity index (χ1v) is 10.2. The van der Waals surface area contributed by atoms with Crippen LogP contribution >= 0.6 is 0 Å². The van der Waals surface area contributed by atoms with E-state index in [1.165, 1.54) is 0 Å². The molecule has 4 rings (SSSR count). The van der Waals surface area contributed by atoms with E-state index >= 15 is 0 Å². The highest BCUT2D eigenvalue weighted by molar-refractivity contribution is 5.90. The van der Waals surface area contributed by atoms with E-state index in [-0.39, 0.29) is 5.91 Å². The Morgan fingerprint density at radius 1 is 0.969 bits per heavy atom. The predicted molar refractivity (Wildman–Crippen MR) is 120 cm³/mol. The zero-order chi connectivity index (χ0) is 22.3. The summed E-state index contributed by atoms with van der Waals surface area (Å²) in [5, 5.41) is 11.2. The van der Waals surface area contributed by atoms with E-state index in [9.17, 15) is 4.79 Å². The van der Waals surface area contributed by atoms with Crippen LogP contribution in [0.4, 0.5) is 5.69 Å². The molecule has 0 saturated carbocycles. The number of nitrogens with one attached hydrogen (secondary N) is 1. The standard InChI is InChI=1S/C24H23N5O3/c1-17-25-15-16-29(17)22-12-14-24(28-27-22)32-21-10-6-19(7-11-21)26-23(30)13-5-18-3-8-20(31-2)9-4-18/h3-4,6-12,14-16H,5,13H2,1-2H3,(H,26,30). The first-order valence-electron chi connectivity index (χ1n) is 10.2. The topological polar surface area (TPSA) is 91.2 Å². The van der Waals surface area contributed by atoms with Gasteiger partial charge in [-0.3, -0.25) is 9.36 Å². The van der Waals surface area contributed by atoms with Crippen LogP contribution in [0, 0.1) is 6.92 Å². The fourth-order valence-corrected chi connectivity index (χ4v) is 3.12. The minimum absolute atomic E-state index is 0.0502. The molecule has 0 unspecified atom stereocenters. The van der Waals surface area contributed by atoms with Crippen molar-refractivity contribution in [2.75, 3.05) is 12.4 Å². The third-order valence-corrected chi connectivity index (χ3v) is 4.86. The van der Waals surface area contributed by atoms with Gasteiger partial charge in [-0.1, -0.05) is 12.1 Å². The number of carbonyl (C=O) groups is 1. The second-order valence-corrected chi connectivity index (χ2v) is 7.10. The maximum atomic E-state index is 12.2. The summed E-state index contributed by atoms with van der Waals surface area (Å²) >= 11 is 0. The van der Waals surface area contributed by atoms with Gasteiger partial charge in [0.05, 0.1) is 7.11 Å². The smallest absolute Gasteiger partial charge is 0.238 e. The maximum Gasteiger partial charge on any atom is 0.238 e. The highest BCUT2D eigenvalue weighted by Crippen LogP contribution is 2.22. The first-order chi connectivity index (χ1) is 15.6. The van der Waals surface area contributed by atoms with Crippen molar-refractivity contribution in [1.82, 2.24) is 19.7 Å². The lowest BCUT2D eigenvalue weighted by Gasteiger charge is -2.08. The normalized spacial score (nSPS) is 10.6. The number of aromatic nitrogens is 4. The van der Waals surface area contributed by atoms with E-state index in [4.69, 9.17) is 9.47 Å². The van der Waals surface area contributed by atoms with E-state index in [1.807, 2.05) is 48.0 Å². The number of amides is 1. The lowest BCUT2D eigenvalue weighted by Crippen LogP contribution is -2.12. The molecule has 162 valence electrons. The number of nitrogens with zero attached hydrogens (tertiary/aromatic N) is 4. The average Bonchev–Trinajstić information content (AvgIpc) is 3.25. The Bertz CT molecular complexity index is 1170. The Morgan fingerprint density at radius 2 is 1.72 bits per heavy atom. The molecule has 0 saturated heterocycles. The van der Waals surface area contributed by atoms with Gasteiger partial charge in [0.25, 0.3) is 0 Å². The molecule has 1 amide bonds. The number of aryl methyl sites for hydroxylation is 2. The predicted octanol–water partition coefficient (Wildman–Crippen LogP) is 4.34. The van der Waals surface area contributed by atoms with Crippen LogP contribution in [0.2, 0.25) is 0 Å². The van der Waals surface area contributed by atoms with E-state index in [2.05, 4.69) is 20.5 Å². The molecule has 2 aromatic heterocycles. The van der Waals surface area contributed by atoms with Gasteiger partial charge in [0, 0.05) is 30.6 Å². The minimum atomic E-state index is -0.0502. The molecule has 0 radical (unpaired) electrons. The van der Waals surface area contributed by atoms with E-state index in [0.29, 0.717) is 36.0 Å². The van der Waals surface area contributed by atoms with Crippen molar-refractivity contribution in [3.05, 3.63) is 84.4 Å². The fraction of sp³-hybridized carbons (Fsp3) is 0.167. The second kappa shape index (κ2) is 9.74. The number of imidazole rings is 1. The molecule has 0 fully saturated rings. The molecule has 0 aliphatic rings. The highest BCUT2D eigenvalue weighted by atomic mass is 16.5. The summed E-state index contributed by atoms with van der Waals surface area (Å²) in [7, 11) is 1.63. The molecular formula is C24H23N5O3. The third kappa shape index (κ3) is 5.28. The zero-order valence-electron chi connectivity index (χ0n) is 17.9. The van der Waals surface area contributed by atoms with Crippen molar-refractivity contribution in [2.24, 2.45) is 0 Å². The number of benzene rings is 2. The van der Waals surface area contributed by atoms with Crippen LogP contribution in [0.5, 0.6) is 17.4 Å². The molecule has 2 heterocycles. The van der Waals surface area contributed by atoms with Gasteiger partial charge in [-0.15, -0.1) is 10.2 Å². The van der Waals surface area contributed by atoms with E-state index in [1.54, 1.807) is 43.6 Å². The van der Waals surface area contributed by atoms with Crippen LogP contribution in [0.1, 0.15) is 17.8 Å². The number of carbonyl (C=O) groups excluding carboxylic acids is 1. The molecular weight excluding hydrogens is 406 g/mol. The van der Waals surface area contributed by atoms with Crippen molar-refractivity contribution in [3.8, 4) is 23.2 Å². The monoisotopic (exact) mass is 429 g/mol. The SMILES string of the molecule is COc1ccc(CCC(=O)Nc2ccc(Oc3ccc(-n4ccnc4C)nn3)cc2)cc1. The van der Waals surface area contributed by atoms with Crippen molar-refractivity contribution >= 4 is 11.6 Å². The lowest BCUT2D eigenvalue weighted by molar-refractivity contribution is -0.116. The van der Waals surface area contributed by atoms with Gasteiger partial charge in [-0.2, -0.15) is 0 Å². The molecule has 0 aliphatic heterocycles. The van der Waals surface area contributed by atoms with Gasteiger partial charge in [-0.25, -0.2) is 4.98 Å². The summed E-state index contributed by atoms with van der Waals surface area (Å²) in [5.74, 6) is 3.22. The van der Waals surface area contributed by atoms with Crippen LogP contribution < -0.4 is 14.8 Å². The summed E-state index contributed by atoms with van der Waals surface area (Å²) in [6.45, 7) is 1.89. The Kier molecular flexibility index (Phi) is 6.41. The third-order valence-electron chi connectivity index (χ3n) is 4.86. The second-order valence-electron chi connectivity index (χ2n) is 7.10. The van der Waals surface area contributed by atoms with Gasteiger partial charge in [0.15, 0.2) is 5.82 Å². The van der Waals surface area contributed by atoms with Crippen molar-refractivity contribution in [3.63, 3.8) is 0 Å². The summed E-state index contributed by atoms with van der Waals surface area (Å²) < 4.78 is 12.7. The number of rotatable bonds is 8. The average molecular weight is 429 g/mol. The van der Waals surface area contributed by atoms with Crippen molar-refractivity contribution in [1.29, 1.82) is 0 Å². The van der Waals surface area contributed by atoms with Gasteiger partial charge < -0.3 is 14.8 Å². The first kappa shape index (κ1) is 21.0. The number of anilines is 1. The van der Waals surface area contributed by atoms with Crippen molar-refractivity contribution in [2.45, 2.75) is 19.8 Å². The lowest BCUT2D eigenvalue weighted by atomic mass is 10.1. The van der Waals surface area contributed by atoms with E-state index < -0.39 is 0 Å². The van der Waals surface area contributed by atoms with Gasteiger partial charge >= 0.3 is 0 Å². The van der Waals surface area contributed by atoms with Crippen LogP contribution in [0.25, 0.3) is 5.82 Å².